The largest absolute Gasteiger partial charge is 0.360 e. The van der Waals surface area contributed by atoms with Crippen molar-refractivity contribution in [3.8, 4) is 0 Å². The lowest BCUT2D eigenvalue weighted by molar-refractivity contribution is 1.04. The van der Waals surface area contributed by atoms with Crippen LogP contribution in [0.5, 0.6) is 0 Å². The van der Waals surface area contributed by atoms with Gasteiger partial charge in [0.25, 0.3) is 0 Å². The highest BCUT2D eigenvalue weighted by atomic mass is 15.3. The second-order valence-electron chi connectivity index (χ2n) is 4.17. The first-order chi connectivity index (χ1) is 9.34. The maximum atomic E-state index is 4.32. The molecule has 0 aliphatic carbocycles. The maximum Gasteiger partial charge on any atom is 0.176 e. The standard InChI is InChI=1S/C14H13N5/c1-10(13-7-4-8-15-13)17-19-14-12-6-3-2-5-11(12)9-16-18-14/h2-9,15H,1H3,(H,18,19)/b17-10+. The van der Waals surface area contributed by atoms with Crippen LogP contribution in [0.15, 0.2) is 53.9 Å². The van der Waals surface area contributed by atoms with E-state index in [-0.39, 0.29) is 0 Å². The van der Waals surface area contributed by atoms with Gasteiger partial charge in [0.15, 0.2) is 5.82 Å². The molecule has 2 heterocycles. The fraction of sp³-hybridized carbons (Fsp3) is 0.0714. The molecule has 0 amide bonds. The molecular weight excluding hydrogens is 238 g/mol. The molecule has 0 radical (unpaired) electrons. The number of nitrogens with zero attached hydrogens (tertiary/aromatic N) is 3. The van der Waals surface area contributed by atoms with E-state index in [0.717, 1.165) is 22.2 Å². The van der Waals surface area contributed by atoms with E-state index in [1.165, 1.54) is 0 Å². The summed E-state index contributed by atoms with van der Waals surface area (Å²) in [5, 5.41) is 14.4. The first-order valence-corrected chi connectivity index (χ1v) is 5.99. The van der Waals surface area contributed by atoms with Gasteiger partial charge in [0, 0.05) is 17.0 Å². The lowest BCUT2D eigenvalue weighted by Crippen LogP contribution is -2.02. The number of hydrazone groups is 1. The van der Waals surface area contributed by atoms with E-state index in [2.05, 4.69) is 25.7 Å². The van der Waals surface area contributed by atoms with E-state index in [0.29, 0.717) is 5.82 Å². The summed E-state index contributed by atoms with van der Waals surface area (Å²) in [6, 6.07) is 11.8. The minimum Gasteiger partial charge on any atom is -0.360 e. The van der Waals surface area contributed by atoms with Crippen LogP contribution in [0.2, 0.25) is 0 Å². The molecule has 3 rings (SSSR count). The summed E-state index contributed by atoms with van der Waals surface area (Å²) in [6.07, 6.45) is 3.61. The summed E-state index contributed by atoms with van der Waals surface area (Å²) >= 11 is 0. The molecule has 19 heavy (non-hydrogen) atoms. The lowest BCUT2D eigenvalue weighted by atomic mass is 10.2. The zero-order chi connectivity index (χ0) is 13.1. The Labute approximate surface area is 110 Å². The molecule has 1 aromatic carbocycles. The number of fused-ring (bicyclic) bond motifs is 1. The average molecular weight is 251 g/mol. The third-order valence-corrected chi connectivity index (χ3v) is 2.89. The Kier molecular flexibility index (Phi) is 2.94. The summed E-state index contributed by atoms with van der Waals surface area (Å²) < 4.78 is 0. The second kappa shape index (κ2) is 4.89. The molecule has 0 spiro atoms. The zero-order valence-corrected chi connectivity index (χ0v) is 10.5. The molecule has 0 aliphatic heterocycles. The monoisotopic (exact) mass is 251 g/mol. The van der Waals surface area contributed by atoms with Gasteiger partial charge in [-0.3, -0.25) is 5.43 Å². The predicted octanol–water partition coefficient (Wildman–Crippen LogP) is 2.79. The van der Waals surface area contributed by atoms with E-state index in [1.54, 1.807) is 6.20 Å². The minimum absolute atomic E-state index is 0.656. The molecule has 5 nitrogen and oxygen atoms in total. The summed E-state index contributed by atoms with van der Waals surface area (Å²) in [4.78, 5) is 3.10. The number of benzene rings is 1. The van der Waals surface area contributed by atoms with E-state index in [4.69, 9.17) is 0 Å². The Morgan fingerprint density at radius 1 is 1.21 bits per heavy atom. The van der Waals surface area contributed by atoms with Gasteiger partial charge in [-0.15, -0.1) is 5.10 Å². The molecule has 0 saturated carbocycles. The average Bonchev–Trinajstić information content (AvgIpc) is 2.99. The number of anilines is 1. The molecule has 3 aromatic rings. The Balaban J connectivity index is 1.92. The lowest BCUT2D eigenvalue weighted by Gasteiger charge is -2.04. The fourth-order valence-electron chi connectivity index (χ4n) is 1.86. The first-order valence-electron chi connectivity index (χ1n) is 5.99. The molecule has 94 valence electrons. The summed E-state index contributed by atoms with van der Waals surface area (Å²) in [6.45, 7) is 1.93. The topological polar surface area (TPSA) is 66.0 Å². The maximum absolute atomic E-state index is 4.32. The van der Waals surface area contributed by atoms with Gasteiger partial charge < -0.3 is 4.98 Å². The molecule has 0 unspecified atom stereocenters. The highest BCUT2D eigenvalue weighted by molar-refractivity contribution is 5.98. The van der Waals surface area contributed by atoms with Crippen LogP contribution in [-0.2, 0) is 0 Å². The molecule has 0 fully saturated rings. The van der Waals surface area contributed by atoms with Gasteiger partial charge >= 0.3 is 0 Å². The number of hydrogen-bond acceptors (Lipinski definition) is 4. The van der Waals surface area contributed by atoms with Crippen molar-refractivity contribution in [1.82, 2.24) is 15.2 Å². The highest BCUT2D eigenvalue weighted by Gasteiger charge is 2.02. The van der Waals surface area contributed by atoms with Crippen molar-refractivity contribution in [3.05, 3.63) is 54.5 Å². The number of hydrogen-bond donors (Lipinski definition) is 2. The minimum atomic E-state index is 0.656. The van der Waals surface area contributed by atoms with Crippen LogP contribution in [0.3, 0.4) is 0 Å². The van der Waals surface area contributed by atoms with Crippen LogP contribution in [0.1, 0.15) is 12.6 Å². The van der Waals surface area contributed by atoms with Crippen LogP contribution in [0, 0.1) is 0 Å². The van der Waals surface area contributed by atoms with Crippen molar-refractivity contribution < 1.29 is 0 Å². The van der Waals surface area contributed by atoms with Crippen LogP contribution in [0.4, 0.5) is 5.82 Å². The van der Waals surface area contributed by atoms with Crippen LogP contribution in [-0.4, -0.2) is 20.9 Å². The van der Waals surface area contributed by atoms with Crippen molar-refractivity contribution in [2.75, 3.05) is 5.43 Å². The van der Waals surface area contributed by atoms with Gasteiger partial charge in [0.1, 0.15) is 0 Å². The van der Waals surface area contributed by atoms with Crippen molar-refractivity contribution in [2.24, 2.45) is 5.10 Å². The number of rotatable bonds is 3. The molecule has 2 aromatic heterocycles. The normalized spacial score (nSPS) is 11.7. The van der Waals surface area contributed by atoms with E-state index < -0.39 is 0 Å². The number of H-pyrrole nitrogens is 1. The van der Waals surface area contributed by atoms with Crippen molar-refractivity contribution in [3.63, 3.8) is 0 Å². The molecule has 0 bridgehead atoms. The van der Waals surface area contributed by atoms with Gasteiger partial charge in [0.2, 0.25) is 0 Å². The molecule has 5 heteroatoms. The Morgan fingerprint density at radius 3 is 2.95 bits per heavy atom. The molecule has 2 N–H and O–H groups in total. The third-order valence-electron chi connectivity index (χ3n) is 2.89. The van der Waals surface area contributed by atoms with Gasteiger partial charge in [0.05, 0.1) is 17.6 Å². The molecule has 0 aliphatic rings. The van der Waals surface area contributed by atoms with Crippen LogP contribution >= 0.6 is 0 Å². The first kappa shape index (κ1) is 11.4. The van der Waals surface area contributed by atoms with Crippen LogP contribution in [0.25, 0.3) is 10.8 Å². The van der Waals surface area contributed by atoms with Crippen molar-refractivity contribution in [1.29, 1.82) is 0 Å². The van der Waals surface area contributed by atoms with Crippen molar-refractivity contribution in [2.45, 2.75) is 6.92 Å². The van der Waals surface area contributed by atoms with Crippen LogP contribution < -0.4 is 5.43 Å². The fourth-order valence-corrected chi connectivity index (χ4v) is 1.86. The van der Waals surface area contributed by atoms with Gasteiger partial charge in [-0.2, -0.15) is 10.2 Å². The molecule has 0 atom stereocenters. The Morgan fingerprint density at radius 2 is 2.11 bits per heavy atom. The van der Waals surface area contributed by atoms with E-state index in [1.807, 2.05) is 49.5 Å². The predicted molar refractivity (Wildman–Crippen MR) is 76.2 cm³/mol. The van der Waals surface area contributed by atoms with Gasteiger partial charge in [-0.05, 0) is 19.1 Å². The number of nitrogens with one attached hydrogen (secondary N) is 2. The SMILES string of the molecule is C/C(=N\Nc1nncc2ccccc12)c1ccc[nH]1. The Hall–Kier alpha value is -2.69. The molecule has 0 saturated heterocycles. The smallest absolute Gasteiger partial charge is 0.176 e. The van der Waals surface area contributed by atoms with E-state index >= 15 is 0 Å². The summed E-state index contributed by atoms with van der Waals surface area (Å²) in [7, 11) is 0. The molecular formula is C14H13N5. The summed E-state index contributed by atoms with van der Waals surface area (Å²) in [5.41, 5.74) is 4.80. The number of aromatic nitrogens is 3. The van der Waals surface area contributed by atoms with Gasteiger partial charge in [-0.25, -0.2) is 0 Å². The third kappa shape index (κ3) is 2.30. The van der Waals surface area contributed by atoms with E-state index in [9.17, 15) is 0 Å². The number of aromatic amines is 1. The second-order valence-corrected chi connectivity index (χ2v) is 4.17. The summed E-state index contributed by atoms with van der Waals surface area (Å²) in [5.74, 6) is 0.656. The quantitative estimate of drug-likeness (QED) is 0.555. The van der Waals surface area contributed by atoms with Crippen molar-refractivity contribution >= 4 is 22.3 Å². The highest BCUT2D eigenvalue weighted by Crippen LogP contribution is 2.19. The Bertz CT molecular complexity index is 710. The zero-order valence-electron chi connectivity index (χ0n) is 10.5. The van der Waals surface area contributed by atoms with Gasteiger partial charge in [-0.1, -0.05) is 24.3 Å².